The normalized spacial score (nSPS) is 11.2. The van der Waals surface area contributed by atoms with E-state index in [9.17, 15) is 0 Å². The lowest BCUT2D eigenvalue weighted by Gasteiger charge is -2.14. The van der Waals surface area contributed by atoms with Crippen molar-refractivity contribution < 1.29 is 0 Å². The summed E-state index contributed by atoms with van der Waals surface area (Å²) in [6, 6.07) is 3.96. The van der Waals surface area contributed by atoms with Gasteiger partial charge in [0.1, 0.15) is 10.0 Å². The fourth-order valence-corrected chi connectivity index (χ4v) is 2.68. The first-order chi connectivity index (χ1) is 8.36. The van der Waals surface area contributed by atoms with E-state index in [1.807, 2.05) is 19.3 Å². The van der Waals surface area contributed by atoms with E-state index in [0.717, 1.165) is 15.6 Å². The quantitative estimate of drug-likeness (QED) is 0.670. The molecule has 2 heterocycles. The fourth-order valence-electron chi connectivity index (χ4n) is 1.44. The van der Waals surface area contributed by atoms with Crippen LogP contribution in [0, 0.1) is 11.8 Å². The maximum atomic E-state index is 6.21. The first kappa shape index (κ1) is 13.2. The van der Waals surface area contributed by atoms with Crippen LogP contribution in [0.25, 0.3) is 0 Å². The number of nitrogens with zero attached hydrogens (tertiary/aromatic N) is 2. The first-order valence-electron chi connectivity index (χ1n) is 5.68. The molecule has 4 heteroatoms. The number of aromatic nitrogens is 2. The summed E-state index contributed by atoms with van der Waals surface area (Å²) in [4.78, 5) is 1.25. The summed E-state index contributed by atoms with van der Waals surface area (Å²) in [5.41, 5.74) is 1.76. The average Bonchev–Trinajstić information content (AvgIpc) is 2.81. The zero-order valence-electron chi connectivity index (χ0n) is 10.9. The van der Waals surface area contributed by atoms with Gasteiger partial charge in [-0.1, -0.05) is 38.3 Å². The number of hydrogen-bond acceptors (Lipinski definition) is 2. The summed E-state index contributed by atoms with van der Waals surface area (Å²) in [6.45, 7) is 6.52. The van der Waals surface area contributed by atoms with E-state index >= 15 is 0 Å². The van der Waals surface area contributed by atoms with Crippen LogP contribution in [0.3, 0.4) is 0 Å². The van der Waals surface area contributed by atoms with Crippen LogP contribution in [0.5, 0.6) is 0 Å². The molecule has 0 saturated heterocycles. The van der Waals surface area contributed by atoms with Crippen molar-refractivity contribution in [1.29, 1.82) is 0 Å². The van der Waals surface area contributed by atoms with Crippen LogP contribution in [0.15, 0.2) is 18.3 Å². The van der Waals surface area contributed by atoms with Crippen LogP contribution >= 0.6 is 22.9 Å². The SMILES string of the molecule is Cn1ccc(C#Cc2cc(C(C)(C)C)sc2Cl)n1. The number of halogens is 1. The van der Waals surface area contributed by atoms with E-state index in [1.165, 1.54) is 4.88 Å². The van der Waals surface area contributed by atoms with Crippen molar-refractivity contribution in [1.82, 2.24) is 9.78 Å². The Bertz CT molecular complexity index is 620. The van der Waals surface area contributed by atoms with Crippen LogP contribution < -0.4 is 0 Å². The highest BCUT2D eigenvalue weighted by atomic mass is 35.5. The minimum Gasteiger partial charge on any atom is -0.275 e. The standard InChI is InChI=1S/C14H15ClN2S/c1-14(2,3)12-9-10(13(15)18-12)5-6-11-7-8-17(4)16-11/h7-9H,1-4H3. The van der Waals surface area contributed by atoms with Gasteiger partial charge in [0.05, 0.1) is 5.56 Å². The van der Waals surface area contributed by atoms with Gasteiger partial charge in [-0.05, 0) is 23.5 Å². The summed E-state index contributed by atoms with van der Waals surface area (Å²) >= 11 is 7.81. The van der Waals surface area contributed by atoms with Crippen molar-refractivity contribution in [2.24, 2.45) is 7.05 Å². The second-order valence-electron chi connectivity index (χ2n) is 5.17. The lowest BCUT2D eigenvalue weighted by atomic mass is 9.94. The van der Waals surface area contributed by atoms with Gasteiger partial charge in [-0.2, -0.15) is 5.10 Å². The molecule has 2 rings (SSSR count). The highest BCUT2D eigenvalue weighted by Gasteiger charge is 2.18. The molecule has 2 aromatic heterocycles. The number of thiophene rings is 1. The van der Waals surface area contributed by atoms with Gasteiger partial charge in [0, 0.05) is 18.1 Å². The Morgan fingerprint density at radius 1 is 1.33 bits per heavy atom. The molecule has 0 fully saturated rings. The van der Waals surface area contributed by atoms with Gasteiger partial charge >= 0.3 is 0 Å². The largest absolute Gasteiger partial charge is 0.275 e. The molecule has 0 radical (unpaired) electrons. The average molecular weight is 279 g/mol. The maximum absolute atomic E-state index is 6.21. The second kappa shape index (κ2) is 4.79. The monoisotopic (exact) mass is 278 g/mol. The van der Waals surface area contributed by atoms with Crippen LogP contribution in [0.1, 0.15) is 36.9 Å². The van der Waals surface area contributed by atoms with Crippen LogP contribution in [-0.4, -0.2) is 9.78 Å². The molecule has 0 spiro atoms. The molecule has 18 heavy (non-hydrogen) atoms. The number of aryl methyl sites for hydroxylation is 1. The van der Waals surface area contributed by atoms with Crippen LogP contribution in [0.2, 0.25) is 4.34 Å². The van der Waals surface area contributed by atoms with Crippen molar-refractivity contribution in [2.75, 3.05) is 0 Å². The minimum atomic E-state index is 0.110. The highest BCUT2D eigenvalue weighted by molar-refractivity contribution is 7.16. The maximum Gasteiger partial charge on any atom is 0.135 e. The molecule has 0 aliphatic rings. The van der Waals surface area contributed by atoms with Gasteiger partial charge in [0.15, 0.2) is 0 Å². The van der Waals surface area contributed by atoms with Gasteiger partial charge in [-0.25, -0.2) is 0 Å². The van der Waals surface area contributed by atoms with Gasteiger partial charge < -0.3 is 0 Å². The Hall–Kier alpha value is -1.24. The first-order valence-corrected chi connectivity index (χ1v) is 6.87. The third-order valence-corrected chi connectivity index (χ3v) is 4.25. The van der Waals surface area contributed by atoms with E-state index in [2.05, 4.69) is 43.8 Å². The summed E-state index contributed by atoms with van der Waals surface area (Å²) in [7, 11) is 1.88. The Morgan fingerprint density at radius 3 is 2.56 bits per heavy atom. The molecule has 2 nitrogen and oxygen atoms in total. The Balaban J connectivity index is 2.31. The Labute approximate surface area is 117 Å². The minimum absolute atomic E-state index is 0.110. The van der Waals surface area contributed by atoms with Crippen molar-refractivity contribution in [3.63, 3.8) is 0 Å². The third-order valence-electron chi connectivity index (χ3n) is 2.46. The predicted molar refractivity (Wildman–Crippen MR) is 77.2 cm³/mol. The van der Waals surface area contributed by atoms with Crippen LogP contribution in [-0.2, 0) is 12.5 Å². The highest BCUT2D eigenvalue weighted by Crippen LogP contribution is 2.35. The number of rotatable bonds is 0. The smallest absolute Gasteiger partial charge is 0.135 e. The zero-order valence-corrected chi connectivity index (χ0v) is 12.5. The van der Waals surface area contributed by atoms with Gasteiger partial charge in [0.2, 0.25) is 0 Å². The predicted octanol–water partition coefficient (Wildman–Crippen LogP) is 3.83. The molecule has 0 bridgehead atoms. The van der Waals surface area contributed by atoms with Crippen LogP contribution in [0.4, 0.5) is 0 Å². The van der Waals surface area contributed by atoms with E-state index in [4.69, 9.17) is 11.6 Å². The molecule has 0 aliphatic carbocycles. The van der Waals surface area contributed by atoms with Gasteiger partial charge in [0.25, 0.3) is 0 Å². The molecule has 0 saturated carbocycles. The summed E-state index contributed by atoms with van der Waals surface area (Å²) in [5, 5.41) is 4.21. The van der Waals surface area contributed by atoms with Crippen molar-refractivity contribution >= 4 is 22.9 Å². The zero-order chi connectivity index (χ0) is 13.3. The molecule has 0 amide bonds. The fraction of sp³-hybridized carbons (Fsp3) is 0.357. The third kappa shape index (κ3) is 2.95. The lowest BCUT2D eigenvalue weighted by molar-refractivity contribution is 0.604. The van der Waals surface area contributed by atoms with E-state index in [-0.39, 0.29) is 5.41 Å². The van der Waals surface area contributed by atoms with Gasteiger partial charge in [-0.3, -0.25) is 4.68 Å². The molecular weight excluding hydrogens is 264 g/mol. The molecule has 0 unspecified atom stereocenters. The molecule has 0 N–H and O–H groups in total. The van der Waals surface area contributed by atoms with E-state index in [0.29, 0.717) is 0 Å². The summed E-state index contributed by atoms with van der Waals surface area (Å²) in [6.07, 6.45) is 1.87. The summed E-state index contributed by atoms with van der Waals surface area (Å²) < 4.78 is 2.49. The summed E-state index contributed by atoms with van der Waals surface area (Å²) in [5.74, 6) is 6.12. The topological polar surface area (TPSA) is 17.8 Å². The van der Waals surface area contributed by atoms with Crippen molar-refractivity contribution in [3.8, 4) is 11.8 Å². The van der Waals surface area contributed by atoms with Gasteiger partial charge in [-0.15, -0.1) is 11.3 Å². The second-order valence-corrected chi connectivity index (χ2v) is 6.83. The molecule has 2 aromatic rings. The Morgan fingerprint density at radius 2 is 2.06 bits per heavy atom. The molecule has 0 aliphatic heterocycles. The van der Waals surface area contributed by atoms with Crippen molar-refractivity contribution in [2.45, 2.75) is 26.2 Å². The number of hydrogen-bond donors (Lipinski definition) is 0. The molecular formula is C14H15ClN2S. The van der Waals surface area contributed by atoms with Crippen molar-refractivity contribution in [3.05, 3.63) is 38.8 Å². The molecule has 94 valence electrons. The lowest BCUT2D eigenvalue weighted by Crippen LogP contribution is -2.07. The molecule has 0 atom stereocenters. The van der Waals surface area contributed by atoms with E-state index in [1.54, 1.807) is 16.0 Å². The Kier molecular flexibility index (Phi) is 3.52. The van der Waals surface area contributed by atoms with E-state index < -0.39 is 0 Å². The molecule has 0 aromatic carbocycles.